The van der Waals surface area contributed by atoms with Gasteiger partial charge < -0.3 is 14.6 Å². The average Bonchev–Trinajstić information content (AvgIpc) is 2.56. The molecule has 0 saturated heterocycles. The van der Waals surface area contributed by atoms with Crippen LogP contribution in [0.2, 0.25) is 0 Å². The molecule has 0 aliphatic carbocycles. The number of thioether (sulfide) groups is 1. The van der Waals surface area contributed by atoms with Gasteiger partial charge in [0.1, 0.15) is 0 Å². The molecule has 6 heteroatoms. The van der Waals surface area contributed by atoms with Crippen molar-refractivity contribution in [1.29, 1.82) is 0 Å². The van der Waals surface area contributed by atoms with Gasteiger partial charge in [0.05, 0.1) is 18.1 Å². The van der Waals surface area contributed by atoms with Crippen LogP contribution in [0.15, 0.2) is 34.9 Å². The molecule has 0 atom stereocenters. The Morgan fingerprint density at radius 2 is 1.54 bits per heavy atom. The van der Waals surface area contributed by atoms with Gasteiger partial charge in [-0.25, -0.2) is 9.59 Å². The van der Waals surface area contributed by atoms with E-state index in [-0.39, 0.29) is 13.2 Å². The summed E-state index contributed by atoms with van der Waals surface area (Å²) in [6.07, 6.45) is 2.54. The van der Waals surface area contributed by atoms with Crippen molar-refractivity contribution in [2.24, 2.45) is 0 Å². The Morgan fingerprint density at radius 3 is 2.08 bits per heavy atom. The van der Waals surface area contributed by atoms with Crippen LogP contribution in [-0.2, 0) is 24.8 Å². The number of carbonyl (C=O) groups is 2. The Hall–Kier alpha value is -2.21. The number of esters is 2. The van der Waals surface area contributed by atoms with E-state index in [0.717, 1.165) is 22.8 Å². The van der Waals surface area contributed by atoms with Crippen LogP contribution >= 0.6 is 11.8 Å². The predicted molar refractivity (Wildman–Crippen MR) is 104 cm³/mol. The largest absolute Gasteiger partial charge is 0.502 e. The Balaban J connectivity index is 3.01. The second kappa shape index (κ2) is 10.7. The van der Waals surface area contributed by atoms with Gasteiger partial charge in [-0.2, -0.15) is 0 Å². The maximum absolute atomic E-state index is 12.2. The third-order valence-corrected chi connectivity index (χ3v) is 4.61. The molecule has 26 heavy (non-hydrogen) atoms. The molecule has 0 heterocycles. The molecule has 142 valence electrons. The van der Waals surface area contributed by atoms with E-state index >= 15 is 0 Å². The minimum absolute atomic E-state index is 0.159. The van der Waals surface area contributed by atoms with Crippen LogP contribution in [0.3, 0.4) is 0 Å². The number of aliphatic hydroxyl groups is 1. The van der Waals surface area contributed by atoms with Gasteiger partial charge in [-0.1, -0.05) is 17.7 Å². The first-order valence-electron chi connectivity index (χ1n) is 8.44. The van der Waals surface area contributed by atoms with Gasteiger partial charge in [-0.05, 0) is 63.5 Å². The zero-order chi connectivity index (χ0) is 19.7. The molecule has 0 bridgehead atoms. The van der Waals surface area contributed by atoms with Gasteiger partial charge in [0.2, 0.25) is 5.76 Å². The third-order valence-electron chi connectivity index (χ3n) is 3.57. The normalized spacial score (nSPS) is 12.0. The number of hydrogen-bond donors (Lipinski definition) is 1. The van der Waals surface area contributed by atoms with Crippen molar-refractivity contribution in [2.45, 2.75) is 40.4 Å². The van der Waals surface area contributed by atoms with Gasteiger partial charge in [-0.15, -0.1) is 11.8 Å². The number of carbonyl (C=O) groups excluding carboxylic acids is 2. The lowest BCUT2D eigenvalue weighted by molar-refractivity contribution is -0.141. The van der Waals surface area contributed by atoms with Crippen LogP contribution in [0.4, 0.5) is 0 Å². The van der Waals surface area contributed by atoms with Crippen LogP contribution < -0.4 is 0 Å². The lowest BCUT2D eigenvalue weighted by Gasteiger charge is -2.12. The van der Waals surface area contributed by atoms with Crippen LogP contribution in [0.5, 0.6) is 0 Å². The molecular formula is C20H26O5S. The van der Waals surface area contributed by atoms with E-state index in [9.17, 15) is 14.7 Å². The zero-order valence-electron chi connectivity index (χ0n) is 15.9. The van der Waals surface area contributed by atoms with E-state index in [2.05, 4.69) is 12.1 Å². The number of aliphatic hydroxyl groups excluding tert-OH is 1. The molecule has 1 aromatic rings. The minimum Gasteiger partial charge on any atom is -0.502 e. The Morgan fingerprint density at radius 1 is 1.00 bits per heavy atom. The molecule has 0 aliphatic rings. The smallest absolute Gasteiger partial charge is 0.373 e. The van der Waals surface area contributed by atoms with Crippen LogP contribution in [0, 0.1) is 20.8 Å². The van der Waals surface area contributed by atoms with E-state index in [4.69, 9.17) is 9.47 Å². The second-order valence-electron chi connectivity index (χ2n) is 5.69. The molecule has 0 saturated carbocycles. The van der Waals surface area contributed by atoms with Crippen LogP contribution in [0.1, 0.15) is 36.1 Å². The molecule has 0 aliphatic heterocycles. The SMILES string of the molecule is CCOC(=O)/C(O)=C/C=C(\SCc1c(C)cc(C)cc1C)C(=O)OCC. The standard InChI is InChI=1S/C20H26O5S/c1-6-24-19(22)17(21)8-9-18(20(23)25-7-2)26-12-16-14(4)10-13(3)11-15(16)5/h8-11,21H,6-7,12H2,1-5H3/b17-8-,18-9-. The lowest BCUT2D eigenvalue weighted by Crippen LogP contribution is -2.08. The molecule has 1 aromatic carbocycles. The Kier molecular flexibility index (Phi) is 8.99. The highest BCUT2D eigenvalue weighted by molar-refractivity contribution is 8.03. The average molecular weight is 378 g/mol. The molecule has 0 spiro atoms. The fourth-order valence-corrected chi connectivity index (χ4v) is 3.49. The second-order valence-corrected chi connectivity index (χ2v) is 6.71. The van der Waals surface area contributed by atoms with Crippen LogP contribution in [0.25, 0.3) is 0 Å². The van der Waals surface area contributed by atoms with Gasteiger partial charge in [0.25, 0.3) is 0 Å². The number of rotatable bonds is 8. The number of aryl methyl sites for hydroxylation is 3. The van der Waals surface area contributed by atoms with E-state index in [1.54, 1.807) is 13.8 Å². The molecule has 0 radical (unpaired) electrons. The molecule has 0 fully saturated rings. The highest BCUT2D eigenvalue weighted by Crippen LogP contribution is 2.27. The molecule has 0 unspecified atom stereocenters. The summed E-state index contributed by atoms with van der Waals surface area (Å²) in [5.41, 5.74) is 4.65. The van der Waals surface area contributed by atoms with Gasteiger partial charge in [0.15, 0.2) is 0 Å². The van der Waals surface area contributed by atoms with Crippen molar-refractivity contribution in [3.8, 4) is 0 Å². The van der Waals surface area contributed by atoms with Gasteiger partial charge in [0, 0.05) is 5.75 Å². The summed E-state index contributed by atoms with van der Waals surface area (Å²) in [6, 6.07) is 4.20. The first kappa shape index (κ1) is 21.8. The molecule has 5 nitrogen and oxygen atoms in total. The highest BCUT2D eigenvalue weighted by atomic mass is 32.2. The lowest BCUT2D eigenvalue weighted by atomic mass is 10.0. The maximum atomic E-state index is 12.2. The minimum atomic E-state index is -0.831. The van der Waals surface area contributed by atoms with Crippen molar-refractivity contribution >= 4 is 23.7 Å². The number of allylic oxidation sites excluding steroid dienone is 2. The van der Waals surface area contributed by atoms with E-state index < -0.39 is 17.7 Å². The molecular weight excluding hydrogens is 352 g/mol. The van der Waals surface area contributed by atoms with Crippen molar-refractivity contribution in [3.05, 3.63) is 57.2 Å². The predicted octanol–water partition coefficient (Wildman–Crippen LogP) is 4.30. The van der Waals surface area contributed by atoms with Crippen molar-refractivity contribution in [2.75, 3.05) is 13.2 Å². The van der Waals surface area contributed by atoms with E-state index in [1.165, 1.54) is 23.4 Å². The summed E-state index contributed by atoms with van der Waals surface area (Å²) in [7, 11) is 0. The fourth-order valence-electron chi connectivity index (χ4n) is 2.39. The summed E-state index contributed by atoms with van der Waals surface area (Å²) >= 11 is 1.30. The maximum Gasteiger partial charge on any atom is 0.373 e. The molecule has 1 N–H and O–H groups in total. The van der Waals surface area contributed by atoms with Gasteiger partial charge >= 0.3 is 11.9 Å². The Bertz CT molecular complexity index is 696. The summed E-state index contributed by atoms with van der Waals surface area (Å²) in [6.45, 7) is 9.89. The summed E-state index contributed by atoms with van der Waals surface area (Å²) < 4.78 is 9.76. The molecule has 1 rings (SSSR count). The first-order valence-corrected chi connectivity index (χ1v) is 9.43. The topological polar surface area (TPSA) is 72.8 Å². The van der Waals surface area contributed by atoms with Crippen molar-refractivity contribution in [3.63, 3.8) is 0 Å². The highest BCUT2D eigenvalue weighted by Gasteiger charge is 2.14. The summed E-state index contributed by atoms with van der Waals surface area (Å²) in [4.78, 5) is 23.9. The van der Waals surface area contributed by atoms with Crippen molar-refractivity contribution < 1.29 is 24.2 Å². The Labute approximate surface area is 159 Å². The molecule has 0 amide bonds. The quantitative estimate of drug-likeness (QED) is 0.315. The zero-order valence-corrected chi connectivity index (χ0v) is 16.7. The summed E-state index contributed by atoms with van der Waals surface area (Å²) in [5.74, 6) is -1.30. The van der Waals surface area contributed by atoms with Crippen LogP contribution in [-0.4, -0.2) is 30.3 Å². The fraction of sp³-hybridized carbons (Fsp3) is 0.400. The van der Waals surface area contributed by atoms with E-state index in [0.29, 0.717) is 10.7 Å². The number of hydrogen-bond acceptors (Lipinski definition) is 6. The number of ether oxygens (including phenoxy) is 2. The van der Waals surface area contributed by atoms with Crippen molar-refractivity contribution in [1.82, 2.24) is 0 Å². The number of benzene rings is 1. The monoisotopic (exact) mass is 378 g/mol. The first-order chi connectivity index (χ1) is 12.3. The third kappa shape index (κ3) is 6.59. The van der Waals surface area contributed by atoms with Gasteiger partial charge in [-0.3, -0.25) is 0 Å². The summed E-state index contributed by atoms with van der Waals surface area (Å²) in [5, 5.41) is 9.69. The van der Waals surface area contributed by atoms with E-state index in [1.807, 2.05) is 20.8 Å². The molecule has 0 aromatic heterocycles.